The van der Waals surface area contributed by atoms with Crippen LogP contribution in [0.5, 0.6) is 0 Å². The molecule has 0 saturated carbocycles. The SMILES string of the molecule is CCCC1(N2CCCCC2)C=CC=CC1. The summed E-state index contributed by atoms with van der Waals surface area (Å²) < 4.78 is 0. The van der Waals surface area contributed by atoms with Crippen LogP contribution < -0.4 is 0 Å². The molecule has 84 valence electrons. The zero-order valence-corrected chi connectivity index (χ0v) is 9.91. The highest BCUT2D eigenvalue weighted by molar-refractivity contribution is 5.21. The second kappa shape index (κ2) is 4.98. The lowest BCUT2D eigenvalue weighted by atomic mass is 9.83. The monoisotopic (exact) mass is 205 g/mol. The van der Waals surface area contributed by atoms with E-state index in [0.29, 0.717) is 5.54 Å². The second-order valence-electron chi connectivity index (χ2n) is 4.89. The van der Waals surface area contributed by atoms with Crippen LogP contribution in [0.1, 0.15) is 45.4 Å². The highest BCUT2D eigenvalue weighted by atomic mass is 15.2. The Hall–Kier alpha value is -0.560. The molecule has 0 aromatic rings. The molecule has 1 nitrogen and oxygen atoms in total. The van der Waals surface area contributed by atoms with E-state index in [1.165, 1.54) is 51.6 Å². The van der Waals surface area contributed by atoms with Gasteiger partial charge in [-0.05, 0) is 38.8 Å². The molecule has 1 heteroatoms. The molecule has 0 N–H and O–H groups in total. The van der Waals surface area contributed by atoms with E-state index in [9.17, 15) is 0 Å². The summed E-state index contributed by atoms with van der Waals surface area (Å²) in [4.78, 5) is 2.72. The molecule has 0 aromatic carbocycles. The van der Waals surface area contributed by atoms with E-state index in [0.717, 1.165) is 0 Å². The van der Waals surface area contributed by atoms with Gasteiger partial charge >= 0.3 is 0 Å². The van der Waals surface area contributed by atoms with E-state index >= 15 is 0 Å². The molecule has 1 saturated heterocycles. The van der Waals surface area contributed by atoms with Crippen LogP contribution in [-0.2, 0) is 0 Å². The fourth-order valence-electron chi connectivity index (χ4n) is 3.00. The third kappa shape index (κ3) is 2.34. The Morgan fingerprint density at radius 2 is 1.93 bits per heavy atom. The van der Waals surface area contributed by atoms with Crippen molar-refractivity contribution in [3.8, 4) is 0 Å². The van der Waals surface area contributed by atoms with E-state index in [1.54, 1.807) is 0 Å². The van der Waals surface area contributed by atoms with Crippen molar-refractivity contribution in [1.82, 2.24) is 4.90 Å². The Morgan fingerprint density at radius 3 is 2.53 bits per heavy atom. The van der Waals surface area contributed by atoms with Gasteiger partial charge in [0.2, 0.25) is 0 Å². The molecule has 1 heterocycles. The maximum absolute atomic E-state index is 2.72. The van der Waals surface area contributed by atoms with Crippen LogP contribution >= 0.6 is 0 Å². The minimum atomic E-state index is 0.365. The first-order chi connectivity index (χ1) is 7.37. The molecule has 0 amide bonds. The summed E-state index contributed by atoms with van der Waals surface area (Å²) in [5.41, 5.74) is 0.365. The quantitative estimate of drug-likeness (QED) is 0.681. The molecule has 0 spiro atoms. The van der Waals surface area contributed by atoms with E-state index in [2.05, 4.69) is 36.1 Å². The van der Waals surface area contributed by atoms with Gasteiger partial charge in [0.05, 0.1) is 0 Å². The molecule has 1 atom stereocenters. The van der Waals surface area contributed by atoms with Crippen molar-refractivity contribution in [1.29, 1.82) is 0 Å². The highest BCUT2D eigenvalue weighted by Gasteiger charge is 2.33. The summed E-state index contributed by atoms with van der Waals surface area (Å²) in [5, 5.41) is 0. The molecule has 1 unspecified atom stereocenters. The Kier molecular flexibility index (Phi) is 3.63. The molecule has 15 heavy (non-hydrogen) atoms. The standard InChI is InChI=1S/C14H23N/c1-2-9-14(10-5-3-6-11-14)15-12-7-4-8-13-15/h3,5-6,10H,2,4,7-9,11-13H2,1H3. The van der Waals surface area contributed by atoms with Gasteiger partial charge in [0, 0.05) is 5.54 Å². The van der Waals surface area contributed by atoms with Crippen LogP contribution in [0.3, 0.4) is 0 Å². The fourth-order valence-corrected chi connectivity index (χ4v) is 3.00. The van der Waals surface area contributed by atoms with Crippen molar-refractivity contribution >= 4 is 0 Å². The van der Waals surface area contributed by atoms with E-state index in [1.807, 2.05) is 0 Å². The zero-order valence-electron chi connectivity index (χ0n) is 9.91. The Balaban J connectivity index is 2.10. The molecular formula is C14H23N. The van der Waals surface area contributed by atoms with Crippen LogP contribution in [0.4, 0.5) is 0 Å². The van der Waals surface area contributed by atoms with Gasteiger partial charge < -0.3 is 0 Å². The van der Waals surface area contributed by atoms with E-state index < -0.39 is 0 Å². The van der Waals surface area contributed by atoms with Gasteiger partial charge in [-0.25, -0.2) is 0 Å². The third-order valence-corrected chi connectivity index (χ3v) is 3.79. The van der Waals surface area contributed by atoms with Crippen LogP contribution in [0.15, 0.2) is 24.3 Å². The largest absolute Gasteiger partial charge is 0.294 e. The molecule has 2 rings (SSSR count). The Bertz CT molecular complexity index is 248. The third-order valence-electron chi connectivity index (χ3n) is 3.79. The summed E-state index contributed by atoms with van der Waals surface area (Å²) in [6, 6.07) is 0. The number of rotatable bonds is 3. The predicted octanol–water partition coefficient (Wildman–Crippen LogP) is 3.53. The average molecular weight is 205 g/mol. The zero-order chi connectivity index (χ0) is 10.6. The minimum Gasteiger partial charge on any atom is -0.294 e. The Labute approximate surface area is 93.9 Å². The van der Waals surface area contributed by atoms with Gasteiger partial charge in [0.25, 0.3) is 0 Å². The topological polar surface area (TPSA) is 3.24 Å². The molecule has 1 aliphatic carbocycles. The van der Waals surface area contributed by atoms with Gasteiger partial charge in [-0.1, -0.05) is 44.1 Å². The number of nitrogens with zero attached hydrogens (tertiary/aromatic N) is 1. The lowest BCUT2D eigenvalue weighted by Gasteiger charge is -2.44. The predicted molar refractivity (Wildman–Crippen MR) is 66.0 cm³/mol. The maximum Gasteiger partial charge on any atom is 0.0428 e. The smallest absolute Gasteiger partial charge is 0.0428 e. The van der Waals surface area contributed by atoms with E-state index in [4.69, 9.17) is 0 Å². The molecule has 0 bridgehead atoms. The summed E-state index contributed by atoms with van der Waals surface area (Å²) >= 11 is 0. The molecule has 0 aromatic heterocycles. The van der Waals surface area contributed by atoms with Gasteiger partial charge in [-0.2, -0.15) is 0 Å². The van der Waals surface area contributed by atoms with Gasteiger partial charge in [0.15, 0.2) is 0 Å². The molecule has 1 aliphatic heterocycles. The summed E-state index contributed by atoms with van der Waals surface area (Å²) in [5.74, 6) is 0. The van der Waals surface area contributed by atoms with E-state index in [-0.39, 0.29) is 0 Å². The van der Waals surface area contributed by atoms with Gasteiger partial charge in [-0.3, -0.25) is 4.90 Å². The van der Waals surface area contributed by atoms with Crippen molar-refractivity contribution < 1.29 is 0 Å². The van der Waals surface area contributed by atoms with Crippen molar-refractivity contribution in [2.75, 3.05) is 13.1 Å². The minimum absolute atomic E-state index is 0.365. The van der Waals surface area contributed by atoms with Gasteiger partial charge in [-0.15, -0.1) is 0 Å². The van der Waals surface area contributed by atoms with Gasteiger partial charge in [0.1, 0.15) is 0 Å². The lowest BCUT2D eigenvalue weighted by Crippen LogP contribution is -2.49. The number of hydrogen-bond acceptors (Lipinski definition) is 1. The summed E-state index contributed by atoms with van der Waals surface area (Å²) in [6.07, 6.45) is 17.3. The van der Waals surface area contributed by atoms with Crippen LogP contribution in [-0.4, -0.2) is 23.5 Å². The van der Waals surface area contributed by atoms with Crippen LogP contribution in [0.2, 0.25) is 0 Å². The Morgan fingerprint density at radius 1 is 1.13 bits per heavy atom. The highest BCUT2D eigenvalue weighted by Crippen LogP contribution is 2.32. The number of hydrogen-bond donors (Lipinski definition) is 0. The first kappa shape index (κ1) is 10.9. The normalized spacial score (nSPS) is 32.1. The molecule has 1 fully saturated rings. The lowest BCUT2D eigenvalue weighted by molar-refractivity contribution is 0.0966. The number of allylic oxidation sites excluding steroid dienone is 2. The first-order valence-electron chi connectivity index (χ1n) is 6.47. The molecular weight excluding hydrogens is 182 g/mol. The van der Waals surface area contributed by atoms with Crippen molar-refractivity contribution in [2.24, 2.45) is 0 Å². The van der Waals surface area contributed by atoms with Crippen LogP contribution in [0, 0.1) is 0 Å². The van der Waals surface area contributed by atoms with Crippen molar-refractivity contribution in [3.63, 3.8) is 0 Å². The average Bonchev–Trinajstić information content (AvgIpc) is 2.32. The maximum atomic E-state index is 2.72. The summed E-state index contributed by atoms with van der Waals surface area (Å²) in [7, 11) is 0. The number of likely N-dealkylation sites (tertiary alicyclic amines) is 1. The van der Waals surface area contributed by atoms with Crippen LogP contribution in [0.25, 0.3) is 0 Å². The number of piperidine rings is 1. The second-order valence-corrected chi connectivity index (χ2v) is 4.89. The first-order valence-corrected chi connectivity index (χ1v) is 6.47. The molecule has 2 aliphatic rings. The fraction of sp³-hybridized carbons (Fsp3) is 0.714. The molecule has 0 radical (unpaired) electrons. The summed E-state index contributed by atoms with van der Waals surface area (Å²) in [6.45, 7) is 4.91. The van der Waals surface area contributed by atoms with Crippen molar-refractivity contribution in [2.45, 2.75) is 51.0 Å². The van der Waals surface area contributed by atoms with Crippen molar-refractivity contribution in [3.05, 3.63) is 24.3 Å².